The summed E-state index contributed by atoms with van der Waals surface area (Å²) in [6.07, 6.45) is 0.695. The molecule has 2 aromatic rings. The van der Waals surface area contributed by atoms with E-state index in [1.54, 1.807) is 12.1 Å². The molecular weight excluding hydrogens is 337 g/mol. The van der Waals surface area contributed by atoms with Gasteiger partial charge in [-0.15, -0.1) is 11.3 Å². The van der Waals surface area contributed by atoms with E-state index in [4.69, 9.17) is 0 Å². The molecule has 2 aromatic heterocycles. The summed E-state index contributed by atoms with van der Waals surface area (Å²) < 4.78 is 40.2. The molecule has 0 aromatic carbocycles. The lowest BCUT2D eigenvalue weighted by Gasteiger charge is -2.19. The number of halogens is 3. The van der Waals surface area contributed by atoms with Gasteiger partial charge in [-0.1, -0.05) is 19.3 Å². The normalized spacial score (nSPS) is 16.5. The van der Waals surface area contributed by atoms with Crippen LogP contribution in [0.15, 0.2) is 12.1 Å². The van der Waals surface area contributed by atoms with Crippen LogP contribution in [0.4, 0.5) is 13.2 Å². The summed E-state index contributed by atoms with van der Waals surface area (Å²) in [6, 6.07) is 3.43. The van der Waals surface area contributed by atoms with E-state index in [2.05, 4.69) is 5.10 Å². The zero-order chi connectivity index (χ0) is 17.5. The number of carbonyl (C=O) groups excluding carboxylic acids is 1. The number of rotatable bonds is 3. The van der Waals surface area contributed by atoms with Gasteiger partial charge in [0, 0.05) is 18.5 Å². The van der Waals surface area contributed by atoms with Gasteiger partial charge in [0.05, 0.1) is 9.75 Å². The number of Topliss-reactive ketones (excluding diaryl/α,β-unsaturated/α-hetero) is 1. The minimum atomic E-state index is -4.44. The molecule has 0 amide bonds. The number of aryl methyl sites for hydroxylation is 1. The number of alkyl halides is 3. The van der Waals surface area contributed by atoms with Gasteiger partial charge in [0.15, 0.2) is 5.78 Å². The molecule has 130 valence electrons. The minimum absolute atomic E-state index is 0.0563. The number of ketones is 1. The van der Waals surface area contributed by atoms with Crippen molar-refractivity contribution in [1.29, 1.82) is 0 Å². The predicted molar refractivity (Wildman–Crippen MR) is 87.2 cm³/mol. The van der Waals surface area contributed by atoms with Crippen LogP contribution in [0.5, 0.6) is 0 Å². The highest BCUT2D eigenvalue weighted by Crippen LogP contribution is 2.38. The highest BCUT2D eigenvalue weighted by atomic mass is 32.1. The van der Waals surface area contributed by atoms with Gasteiger partial charge in [0.2, 0.25) is 0 Å². The first-order valence-electron chi connectivity index (χ1n) is 8.04. The minimum Gasteiger partial charge on any atom is -0.293 e. The van der Waals surface area contributed by atoms with Crippen LogP contribution < -0.4 is 0 Å². The van der Waals surface area contributed by atoms with Gasteiger partial charge < -0.3 is 0 Å². The third-order valence-electron chi connectivity index (χ3n) is 4.61. The Kier molecular flexibility index (Phi) is 4.55. The molecule has 0 spiro atoms. The largest absolute Gasteiger partial charge is 0.433 e. The first-order valence-corrected chi connectivity index (χ1v) is 8.86. The van der Waals surface area contributed by atoms with Crippen molar-refractivity contribution in [3.8, 4) is 10.6 Å². The topological polar surface area (TPSA) is 34.9 Å². The lowest BCUT2D eigenvalue weighted by molar-refractivity contribution is -0.144. The number of hydrogen-bond donors (Lipinski definition) is 0. The lowest BCUT2D eigenvalue weighted by Crippen LogP contribution is -2.16. The Bertz CT molecular complexity index is 754. The molecule has 0 radical (unpaired) electrons. The fraction of sp³-hybridized carbons (Fsp3) is 0.529. The fourth-order valence-corrected chi connectivity index (χ4v) is 4.49. The molecule has 7 heteroatoms. The van der Waals surface area contributed by atoms with Crippen LogP contribution in [0, 0.1) is 12.8 Å². The van der Waals surface area contributed by atoms with E-state index in [1.807, 2.05) is 0 Å². The van der Waals surface area contributed by atoms with Gasteiger partial charge >= 0.3 is 6.18 Å². The van der Waals surface area contributed by atoms with Crippen molar-refractivity contribution in [2.75, 3.05) is 0 Å². The number of hydrogen-bond acceptors (Lipinski definition) is 3. The van der Waals surface area contributed by atoms with Crippen molar-refractivity contribution in [3.05, 3.63) is 28.3 Å². The lowest BCUT2D eigenvalue weighted by atomic mass is 9.86. The average Bonchev–Trinajstić information content (AvgIpc) is 3.11. The Hall–Kier alpha value is -1.63. The van der Waals surface area contributed by atoms with Crippen LogP contribution in [0.2, 0.25) is 0 Å². The maximum Gasteiger partial charge on any atom is 0.433 e. The van der Waals surface area contributed by atoms with Crippen molar-refractivity contribution < 1.29 is 18.0 Å². The molecule has 0 atom stereocenters. The molecule has 3 rings (SSSR count). The van der Waals surface area contributed by atoms with Crippen molar-refractivity contribution in [3.63, 3.8) is 0 Å². The summed E-state index contributed by atoms with van der Waals surface area (Å²) >= 11 is 1.24. The molecule has 0 saturated heterocycles. The first kappa shape index (κ1) is 17.2. The maximum atomic E-state index is 13.1. The standard InChI is InChI=1S/C17H19F3N2OS/c1-10-14(21-22(2)16(10)17(18,19)20)12-8-9-13(24-12)15(23)11-6-4-3-5-7-11/h8-9,11H,3-7H2,1-2H3. The zero-order valence-electron chi connectivity index (χ0n) is 13.6. The summed E-state index contributed by atoms with van der Waals surface area (Å²) in [5, 5.41) is 4.03. The molecule has 0 unspecified atom stereocenters. The summed E-state index contributed by atoms with van der Waals surface area (Å²) in [5.41, 5.74) is -0.341. The van der Waals surface area contributed by atoms with Crippen molar-refractivity contribution >= 4 is 17.1 Å². The van der Waals surface area contributed by atoms with E-state index in [0.29, 0.717) is 15.4 Å². The van der Waals surface area contributed by atoms with Crippen molar-refractivity contribution in [2.24, 2.45) is 13.0 Å². The monoisotopic (exact) mass is 356 g/mol. The second kappa shape index (κ2) is 6.35. The van der Waals surface area contributed by atoms with Gasteiger partial charge in [-0.3, -0.25) is 9.48 Å². The average molecular weight is 356 g/mol. The summed E-state index contributed by atoms with van der Waals surface area (Å²) in [5.74, 6) is 0.177. The van der Waals surface area contributed by atoms with E-state index < -0.39 is 11.9 Å². The van der Waals surface area contributed by atoms with Gasteiger partial charge in [-0.05, 0) is 31.9 Å². The van der Waals surface area contributed by atoms with E-state index in [-0.39, 0.29) is 17.3 Å². The molecule has 1 fully saturated rings. The number of thiophene rings is 1. The van der Waals surface area contributed by atoms with E-state index >= 15 is 0 Å². The third-order valence-corrected chi connectivity index (χ3v) is 5.72. The van der Waals surface area contributed by atoms with E-state index in [0.717, 1.165) is 30.4 Å². The van der Waals surface area contributed by atoms with E-state index in [9.17, 15) is 18.0 Å². The smallest absolute Gasteiger partial charge is 0.293 e. The molecule has 24 heavy (non-hydrogen) atoms. The molecule has 0 aliphatic heterocycles. The molecule has 0 N–H and O–H groups in total. The Morgan fingerprint density at radius 2 is 1.92 bits per heavy atom. The SMILES string of the molecule is Cc1c(-c2ccc(C(=O)C3CCCCC3)s2)nn(C)c1C(F)(F)F. The van der Waals surface area contributed by atoms with Crippen LogP contribution in [-0.4, -0.2) is 15.6 Å². The third kappa shape index (κ3) is 3.14. The maximum absolute atomic E-state index is 13.1. The molecule has 0 bridgehead atoms. The highest BCUT2D eigenvalue weighted by Gasteiger charge is 2.38. The van der Waals surface area contributed by atoms with Crippen LogP contribution in [0.25, 0.3) is 10.6 Å². The number of nitrogens with zero attached hydrogens (tertiary/aromatic N) is 2. The van der Waals surface area contributed by atoms with Gasteiger partial charge in [0.1, 0.15) is 11.4 Å². The predicted octanol–water partition coefficient (Wildman–Crippen LogP) is 5.24. The number of aromatic nitrogens is 2. The Labute approximate surface area is 142 Å². The Morgan fingerprint density at radius 1 is 1.25 bits per heavy atom. The van der Waals surface area contributed by atoms with Gasteiger partial charge in [-0.2, -0.15) is 18.3 Å². The van der Waals surface area contributed by atoms with Gasteiger partial charge in [-0.25, -0.2) is 0 Å². The van der Waals surface area contributed by atoms with Crippen LogP contribution in [0.3, 0.4) is 0 Å². The molecule has 1 saturated carbocycles. The highest BCUT2D eigenvalue weighted by molar-refractivity contribution is 7.17. The molecule has 2 heterocycles. The van der Waals surface area contributed by atoms with E-state index in [1.165, 1.54) is 31.7 Å². The quantitative estimate of drug-likeness (QED) is 0.705. The molecule has 3 nitrogen and oxygen atoms in total. The second-order valence-corrected chi connectivity index (χ2v) is 7.39. The van der Waals surface area contributed by atoms with Crippen molar-refractivity contribution in [1.82, 2.24) is 9.78 Å². The Morgan fingerprint density at radius 3 is 2.50 bits per heavy atom. The fourth-order valence-electron chi connectivity index (χ4n) is 3.42. The van der Waals surface area contributed by atoms with Gasteiger partial charge in [0.25, 0.3) is 0 Å². The summed E-state index contributed by atoms with van der Waals surface area (Å²) in [6.45, 7) is 1.42. The molecule has 1 aliphatic rings. The first-order chi connectivity index (χ1) is 11.3. The molecular formula is C17H19F3N2OS. The zero-order valence-corrected chi connectivity index (χ0v) is 14.4. The Balaban J connectivity index is 1.90. The van der Waals surface area contributed by atoms with Crippen molar-refractivity contribution in [2.45, 2.75) is 45.2 Å². The van der Waals surface area contributed by atoms with Crippen LogP contribution in [-0.2, 0) is 13.2 Å². The second-order valence-electron chi connectivity index (χ2n) is 6.31. The van der Waals surface area contributed by atoms with Crippen LogP contribution >= 0.6 is 11.3 Å². The number of carbonyl (C=O) groups is 1. The summed E-state index contributed by atoms with van der Waals surface area (Å²) in [7, 11) is 1.29. The molecule has 1 aliphatic carbocycles. The summed E-state index contributed by atoms with van der Waals surface area (Å²) in [4.78, 5) is 13.8. The van der Waals surface area contributed by atoms with Crippen LogP contribution in [0.1, 0.15) is 53.0 Å².